The van der Waals surface area contributed by atoms with Crippen molar-refractivity contribution in [3.05, 3.63) is 62.1 Å². The molecule has 0 spiro atoms. The predicted molar refractivity (Wildman–Crippen MR) is 142 cm³/mol. The van der Waals surface area contributed by atoms with Crippen molar-refractivity contribution < 1.29 is 9.21 Å². The van der Waals surface area contributed by atoms with Crippen molar-refractivity contribution in [3.63, 3.8) is 0 Å². The van der Waals surface area contributed by atoms with Crippen molar-refractivity contribution in [3.8, 4) is 17.4 Å². The van der Waals surface area contributed by atoms with Crippen LogP contribution in [-0.2, 0) is 12.8 Å². The molecule has 1 amide bonds. The third-order valence-electron chi connectivity index (χ3n) is 6.08. The highest BCUT2D eigenvalue weighted by molar-refractivity contribution is 7.80. The fourth-order valence-electron chi connectivity index (χ4n) is 4.12. The molecule has 4 rings (SSSR count). The second kappa shape index (κ2) is 9.71. The molecule has 1 atom stereocenters. The number of benzene rings is 1. The molecular formula is C25H23Cl2N3O2S2. The van der Waals surface area contributed by atoms with E-state index in [4.69, 9.17) is 39.8 Å². The molecule has 176 valence electrons. The van der Waals surface area contributed by atoms with Crippen LogP contribution in [0.4, 0.5) is 5.00 Å². The van der Waals surface area contributed by atoms with Crippen LogP contribution < -0.4 is 10.6 Å². The Kier molecular flexibility index (Phi) is 7.07. The van der Waals surface area contributed by atoms with Gasteiger partial charge < -0.3 is 9.73 Å². The maximum Gasteiger partial charge on any atom is 0.293 e. The maximum atomic E-state index is 12.7. The zero-order valence-corrected chi connectivity index (χ0v) is 22.1. The third kappa shape index (κ3) is 5.16. The Morgan fingerprint density at radius 2 is 2.03 bits per heavy atom. The molecule has 3 aromatic rings. The average molecular weight is 533 g/mol. The van der Waals surface area contributed by atoms with Gasteiger partial charge in [0.2, 0.25) is 0 Å². The number of carbonyl (C=O) groups excluding carboxylic acids is 1. The van der Waals surface area contributed by atoms with Gasteiger partial charge in [0, 0.05) is 15.5 Å². The highest BCUT2D eigenvalue weighted by atomic mass is 35.5. The lowest BCUT2D eigenvalue weighted by Gasteiger charge is -2.33. The number of thiophene rings is 1. The molecular weight excluding hydrogens is 509 g/mol. The van der Waals surface area contributed by atoms with E-state index in [2.05, 4.69) is 37.5 Å². The van der Waals surface area contributed by atoms with Gasteiger partial charge in [-0.25, -0.2) is 0 Å². The predicted octanol–water partition coefficient (Wildman–Crippen LogP) is 7.46. The fraction of sp³-hybridized carbons (Fsp3) is 0.320. The first-order valence-corrected chi connectivity index (χ1v) is 12.8. The van der Waals surface area contributed by atoms with Gasteiger partial charge >= 0.3 is 0 Å². The number of hydrogen-bond acceptors (Lipinski definition) is 5. The summed E-state index contributed by atoms with van der Waals surface area (Å²) in [6.45, 7) is 6.77. The van der Waals surface area contributed by atoms with Gasteiger partial charge in [0.1, 0.15) is 16.8 Å². The molecule has 0 saturated carbocycles. The van der Waals surface area contributed by atoms with Crippen LogP contribution in [0, 0.1) is 22.7 Å². The minimum atomic E-state index is -0.499. The minimum Gasteiger partial charge on any atom is -0.451 e. The molecule has 2 N–H and O–H groups in total. The van der Waals surface area contributed by atoms with Crippen LogP contribution >= 0.6 is 46.8 Å². The van der Waals surface area contributed by atoms with Gasteiger partial charge in [0.25, 0.3) is 5.91 Å². The van der Waals surface area contributed by atoms with Crippen LogP contribution in [0.15, 0.2) is 34.7 Å². The number of nitrogens with zero attached hydrogens (tertiary/aromatic N) is 1. The largest absolute Gasteiger partial charge is 0.451 e. The van der Waals surface area contributed by atoms with E-state index in [9.17, 15) is 10.1 Å². The van der Waals surface area contributed by atoms with Crippen LogP contribution in [0.5, 0.6) is 0 Å². The Bertz CT molecular complexity index is 1310. The van der Waals surface area contributed by atoms with Crippen molar-refractivity contribution in [2.24, 2.45) is 11.3 Å². The van der Waals surface area contributed by atoms with E-state index >= 15 is 0 Å². The smallest absolute Gasteiger partial charge is 0.293 e. The van der Waals surface area contributed by atoms with E-state index in [0.29, 0.717) is 37.9 Å². The van der Waals surface area contributed by atoms with Crippen LogP contribution in [-0.4, -0.2) is 11.0 Å². The molecule has 1 aliphatic rings. The first kappa shape index (κ1) is 24.7. The summed E-state index contributed by atoms with van der Waals surface area (Å²) in [5, 5.41) is 17.1. The standard InChI is InChI=1S/C25H23Cl2N3O2S2/c1-25(2,3)13-4-6-15-17(12-28)23(34-21(15)10-13)30-24(33)29-22(31)20-9-8-19(32-20)16-7-5-14(26)11-18(16)27/h5,7-9,11,13H,4,6,10H2,1-3H3,(H2,29,30,31,33). The molecule has 34 heavy (non-hydrogen) atoms. The molecule has 0 aliphatic heterocycles. The maximum absolute atomic E-state index is 12.7. The van der Waals surface area contributed by atoms with Gasteiger partial charge in [0.15, 0.2) is 10.9 Å². The zero-order chi connectivity index (χ0) is 24.6. The van der Waals surface area contributed by atoms with E-state index in [-0.39, 0.29) is 16.3 Å². The summed E-state index contributed by atoms with van der Waals surface area (Å²) in [7, 11) is 0. The monoisotopic (exact) mass is 531 g/mol. The summed E-state index contributed by atoms with van der Waals surface area (Å²) in [5.41, 5.74) is 2.55. The van der Waals surface area contributed by atoms with E-state index in [1.54, 1.807) is 41.7 Å². The number of hydrogen-bond donors (Lipinski definition) is 2. The lowest BCUT2D eigenvalue weighted by Crippen LogP contribution is -2.33. The Morgan fingerprint density at radius 1 is 1.26 bits per heavy atom. The molecule has 1 aliphatic carbocycles. The lowest BCUT2D eigenvalue weighted by molar-refractivity contribution is 0.0951. The van der Waals surface area contributed by atoms with E-state index in [1.165, 1.54) is 4.88 Å². The van der Waals surface area contributed by atoms with Crippen LogP contribution in [0.1, 0.15) is 53.8 Å². The van der Waals surface area contributed by atoms with Crippen molar-refractivity contribution in [2.75, 3.05) is 5.32 Å². The summed E-state index contributed by atoms with van der Waals surface area (Å²) >= 11 is 19.1. The topological polar surface area (TPSA) is 78.1 Å². The van der Waals surface area contributed by atoms with Crippen LogP contribution in [0.25, 0.3) is 11.3 Å². The molecule has 2 aromatic heterocycles. The Morgan fingerprint density at radius 3 is 2.71 bits per heavy atom. The molecule has 5 nitrogen and oxygen atoms in total. The molecule has 0 radical (unpaired) electrons. The normalized spacial score (nSPS) is 15.4. The number of nitriles is 1. The Hall–Kier alpha value is -2.37. The van der Waals surface area contributed by atoms with Gasteiger partial charge in [-0.1, -0.05) is 44.0 Å². The summed E-state index contributed by atoms with van der Waals surface area (Å²) in [6, 6.07) is 10.6. The number of nitrogens with one attached hydrogen (secondary N) is 2. The minimum absolute atomic E-state index is 0.0872. The first-order valence-electron chi connectivity index (χ1n) is 10.8. The van der Waals surface area contributed by atoms with Gasteiger partial charge in [-0.3, -0.25) is 10.1 Å². The second-order valence-electron chi connectivity index (χ2n) is 9.32. The summed E-state index contributed by atoms with van der Waals surface area (Å²) in [5.74, 6) is 0.592. The highest BCUT2D eigenvalue weighted by Gasteiger charge is 2.32. The number of fused-ring (bicyclic) bond motifs is 1. The number of amides is 1. The number of furan rings is 1. The van der Waals surface area contributed by atoms with Crippen molar-refractivity contribution >= 4 is 62.8 Å². The second-order valence-corrected chi connectivity index (χ2v) is 11.7. The number of anilines is 1. The van der Waals surface area contributed by atoms with Crippen molar-refractivity contribution in [2.45, 2.75) is 40.0 Å². The lowest BCUT2D eigenvalue weighted by atomic mass is 9.72. The van der Waals surface area contributed by atoms with Crippen LogP contribution in [0.2, 0.25) is 10.0 Å². The van der Waals surface area contributed by atoms with Gasteiger partial charge in [-0.15, -0.1) is 11.3 Å². The summed E-state index contributed by atoms with van der Waals surface area (Å²) in [6.07, 6.45) is 2.88. The Labute approximate surface area is 218 Å². The molecule has 0 bridgehead atoms. The number of halogens is 2. The number of carbonyl (C=O) groups is 1. The molecule has 0 saturated heterocycles. The molecule has 2 heterocycles. The highest BCUT2D eigenvalue weighted by Crippen LogP contribution is 2.44. The van der Waals surface area contributed by atoms with Gasteiger partial charge in [0.05, 0.1) is 10.6 Å². The number of thiocarbonyl (C=S) groups is 1. The van der Waals surface area contributed by atoms with Crippen LogP contribution in [0.3, 0.4) is 0 Å². The van der Waals surface area contributed by atoms with E-state index < -0.39 is 5.91 Å². The third-order valence-corrected chi connectivity index (χ3v) is 8.00. The fourth-order valence-corrected chi connectivity index (χ4v) is 6.17. The average Bonchev–Trinajstić information content (AvgIpc) is 3.37. The van der Waals surface area contributed by atoms with E-state index in [0.717, 1.165) is 24.8 Å². The zero-order valence-electron chi connectivity index (χ0n) is 18.9. The number of rotatable bonds is 3. The quantitative estimate of drug-likeness (QED) is 0.342. The van der Waals surface area contributed by atoms with Gasteiger partial charge in [-0.2, -0.15) is 5.26 Å². The SMILES string of the molecule is CC(C)(C)C1CCc2c(sc(NC(=S)NC(=O)c3ccc(-c4ccc(Cl)cc4Cl)o3)c2C#N)C1. The Balaban J connectivity index is 1.46. The van der Waals surface area contributed by atoms with Crippen molar-refractivity contribution in [1.82, 2.24) is 5.32 Å². The molecule has 1 unspecified atom stereocenters. The van der Waals surface area contributed by atoms with Crippen molar-refractivity contribution in [1.29, 1.82) is 5.26 Å². The van der Waals surface area contributed by atoms with E-state index in [1.807, 2.05) is 0 Å². The molecule has 0 fully saturated rings. The summed E-state index contributed by atoms with van der Waals surface area (Å²) in [4.78, 5) is 13.9. The first-order chi connectivity index (χ1) is 16.1. The molecule has 1 aromatic carbocycles. The van der Waals surface area contributed by atoms with Gasteiger partial charge in [-0.05, 0) is 78.7 Å². The summed E-state index contributed by atoms with van der Waals surface area (Å²) < 4.78 is 5.68. The molecule has 9 heteroatoms.